The summed E-state index contributed by atoms with van der Waals surface area (Å²) < 4.78 is 1.49. The standard InChI is InChI=1S/C13H15N9O4S/c1-5-9(12(24)22(5)26-8-3-7-17-19-20-21(7)8)16-11(23)10(18-25-2)6-4-27-13(14)15-6/h4-5,8-9H,3H2,1-2H3,(H2,14,15)(H,16,23)/b18-10-/t5-,8?,9-/m0/s1. The molecule has 4 rings (SSSR count). The van der Waals surface area contributed by atoms with E-state index >= 15 is 0 Å². The molecule has 2 aromatic rings. The summed E-state index contributed by atoms with van der Waals surface area (Å²) in [5, 5.41) is 20.5. The molecule has 1 fully saturated rings. The molecule has 2 aliphatic heterocycles. The summed E-state index contributed by atoms with van der Waals surface area (Å²) in [6, 6.07) is -1.14. The van der Waals surface area contributed by atoms with Gasteiger partial charge in [-0.3, -0.25) is 9.59 Å². The first kappa shape index (κ1) is 17.3. The molecule has 0 aromatic carbocycles. The molecule has 14 heteroatoms. The van der Waals surface area contributed by atoms with E-state index in [0.717, 1.165) is 11.3 Å². The Morgan fingerprint density at radius 2 is 2.33 bits per heavy atom. The lowest BCUT2D eigenvalue weighted by Gasteiger charge is -2.45. The van der Waals surface area contributed by atoms with Gasteiger partial charge >= 0.3 is 0 Å². The molecule has 27 heavy (non-hydrogen) atoms. The highest BCUT2D eigenvalue weighted by Gasteiger charge is 2.49. The molecule has 3 atom stereocenters. The monoisotopic (exact) mass is 393 g/mol. The fourth-order valence-electron chi connectivity index (χ4n) is 2.74. The average molecular weight is 393 g/mol. The van der Waals surface area contributed by atoms with Crippen molar-refractivity contribution in [3.8, 4) is 0 Å². The van der Waals surface area contributed by atoms with Crippen LogP contribution in [0, 0.1) is 0 Å². The Bertz CT molecular complexity index is 925. The highest BCUT2D eigenvalue weighted by Crippen LogP contribution is 2.30. The number of oxime groups is 1. The number of nitrogens with one attached hydrogen (secondary N) is 1. The van der Waals surface area contributed by atoms with Crippen LogP contribution in [0.4, 0.5) is 5.13 Å². The normalized spacial score (nSPS) is 24.1. The molecule has 1 saturated heterocycles. The number of hydrogen-bond acceptors (Lipinski definition) is 11. The number of anilines is 1. The summed E-state index contributed by atoms with van der Waals surface area (Å²) in [7, 11) is 1.31. The number of thiazole rings is 1. The summed E-state index contributed by atoms with van der Waals surface area (Å²) in [4.78, 5) is 39.2. The second-order valence-electron chi connectivity index (χ2n) is 5.85. The van der Waals surface area contributed by atoms with Crippen molar-refractivity contribution in [3.05, 3.63) is 16.9 Å². The van der Waals surface area contributed by atoms with E-state index < -0.39 is 18.2 Å². The zero-order valence-electron chi connectivity index (χ0n) is 14.3. The van der Waals surface area contributed by atoms with Gasteiger partial charge < -0.3 is 15.9 Å². The lowest BCUT2D eigenvalue weighted by atomic mass is 9.99. The van der Waals surface area contributed by atoms with Gasteiger partial charge in [0.05, 0.1) is 12.5 Å². The van der Waals surface area contributed by atoms with E-state index in [1.807, 2.05) is 0 Å². The van der Waals surface area contributed by atoms with Crippen molar-refractivity contribution in [2.75, 3.05) is 12.8 Å². The number of hydrogen-bond donors (Lipinski definition) is 2. The molecule has 13 nitrogen and oxygen atoms in total. The number of aromatic nitrogens is 5. The molecular weight excluding hydrogens is 378 g/mol. The topological polar surface area (TPSA) is 163 Å². The van der Waals surface area contributed by atoms with Crippen LogP contribution >= 0.6 is 11.3 Å². The number of carbonyl (C=O) groups is 2. The molecule has 4 heterocycles. The van der Waals surface area contributed by atoms with Gasteiger partial charge in [-0.1, -0.05) is 5.16 Å². The van der Waals surface area contributed by atoms with Crippen molar-refractivity contribution < 1.29 is 19.3 Å². The molecule has 2 amide bonds. The molecule has 0 bridgehead atoms. The van der Waals surface area contributed by atoms with E-state index in [-0.39, 0.29) is 28.5 Å². The summed E-state index contributed by atoms with van der Waals surface area (Å²) in [6.45, 7) is 1.75. The summed E-state index contributed by atoms with van der Waals surface area (Å²) >= 11 is 1.16. The van der Waals surface area contributed by atoms with Gasteiger partial charge in [0, 0.05) is 5.38 Å². The Hall–Kier alpha value is -3.13. The van der Waals surface area contributed by atoms with Gasteiger partial charge in [0.1, 0.15) is 18.8 Å². The quantitative estimate of drug-likeness (QED) is 0.336. The smallest absolute Gasteiger partial charge is 0.276 e. The second kappa shape index (κ2) is 6.55. The van der Waals surface area contributed by atoms with Crippen LogP contribution in [0.3, 0.4) is 0 Å². The molecule has 1 unspecified atom stereocenters. The third-order valence-corrected chi connectivity index (χ3v) is 4.88. The number of β-lactam (4-membered cyclic amide) rings is 1. The minimum atomic E-state index is -0.760. The number of fused-ring (bicyclic) bond motifs is 1. The predicted octanol–water partition coefficient (Wildman–Crippen LogP) is -1.54. The summed E-state index contributed by atoms with van der Waals surface area (Å²) in [5.41, 5.74) is 5.79. The highest BCUT2D eigenvalue weighted by molar-refractivity contribution is 7.13. The molecule has 0 saturated carbocycles. The van der Waals surface area contributed by atoms with Crippen LogP contribution in [0.15, 0.2) is 10.5 Å². The van der Waals surface area contributed by atoms with E-state index in [4.69, 9.17) is 15.4 Å². The molecule has 3 N–H and O–H groups in total. The van der Waals surface area contributed by atoms with Crippen LogP contribution < -0.4 is 11.1 Å². The van der Waals surface area contributed by atoms with E-state index in [0.29, 0.717) is 12.2 Å². The molecule has 2 aromatic heterocycles. The van der Waals surface area contributed by atoms with Crippen LogP contribution in [0.1, 0.15) is 24.7 Å². The maximum Gasteiger partial charge on any atom is 0.276 e. The highest BCUT2D eigenvalue weighted by atomic mass is 32.1. The Balaban J connectivity index is 1.39. The van der Waals surface area contributed by atoms with Gasteiger partial charge in [0.25, 0.3) is 11.8 Å². The van der Waals surface area contributed by atoms with Crippen molar-refractivity contribution in [2.45, 2.75) is 31.7 Å². The molecule has 0 aliphatic carbocycles. The number of tetrazole rings is 1. The number of hydroxylamine groups is 2. The van der Waals surface area contributed by atoms with E-state index in [1.54, 1.807) is 12.3 Å². The lowest BCUT2D eigenvalue weighted by molar-refractivity contribution is -0.276. The SMILES string of the molecule is CO/N=C(\C(=O)N[C@@H]1C(=O)N(OC2Cc3nnnn32)[C@H]1C)c1csc(N)n1. The van der Waals surface area contributed by atoms with Gasteiger partial charge in [-0.05, 0) is 17.4 Å². The van der Waals surface area contributed by atoms with Crippen LogP contribution in [0.25, 0.3) is 0 Å². The number of amides is 2. The predicted molar refractivity (Wildman–Crippen MR) is 90.0 cm³/mol. The number of nitrogens with zero attached hydrogens (tertiary/aromatic N) is 7. The molecule has 0 spiro atoms. The van der Waals surface area contributed by atoms with Crippen LogP contribution in [-0.4, -0.2) is 67.0 Å². The first-order chi connectivity index (χ1) is 13.0. The van der Waals surface area contributed by atoms with E-state index in [9.17, 15) is 9.59 Å². The molecule has 2 aliphatic rings. The third kappa shape index (κ3) is 2.87. The average Bonchev–Trinajstić information content (AvgIpc) is 3.23. The van der Waals surface area contributed by atoms with Crippen LogP contribution in [-0.2, 0) is 25.7 Å². The van der Waals surface area contributed by atoms with Gasteiger partial charge in [-0.25, -0.2) is 14.9 Å². The van der Waals surface area contributed by atoms with Crippen LogP contribution in [0.5, 0.6) is 0 Å². The van der Waals surface area contributed by atoms with Gasteiger partial charge in [-0.2, -0.15) is 4.68 Å². The fourth-order valence-corrected chi connectivity index (χ4v) is 3.29. The first-order valence-corrected chi connectivity index (χ1v) is 8.77. The second-order valence-corrected chi connectivity index (χ2v) is 6.74. The van der Waals surface area contributed by atoms with Gasteiger partial charge in [0.15, 0.2) is 22.9 Å². The molecule has 142 valence electrons. The number of carbonyl (C=O) groups excluding carboxylic acids is 2. The maximum absolute atomic E-state index is 12.5. The zero-order valence-corrected chi connectivity index (χ0v) is 15.1. The minimum Gasteiger partial charge on any atom is -0.398 e. The Morgan fingerprint density at radius 1 is 1.52 bits per heavy atom. The van der Waals surface area contributed by atoms with Crippen molar-refractivity contribution in [1.29, 1.82) is 0 Å². The largest absolute Gasteiger partial charge is 0.398 e. The number of rotatable bonds is 6. The van der Waals surface area contributed by atoms with E-state index in [2.05, 4.69) is 31.0 Å². The third-order valence-electron chi connectivity index (χ3n) is 4.21. The lowest BCUT2D eigenvalue weighted by Crippen LogP contribution is -2.70. The molecule has 0 radical (unpaired) electrons. The van der Waals surface area contributed by atoms with Gasteiger partial charge in [0.2, 0.25) is 0 Å². The van der Waals surface area contributed by atoms with Crippen molar-refractivity contribution in [2.24, 2.45) is 5.16 Å². The molecular formula is C13H15N9O4S. The number of nitrogen functional groups attached to an aromatic ring is 1. The Morgan fingerprint density at radius 3 is 2.96 bits per heavy atom. The first-order valence-electron chi connectivity index (χ1n) is 7.89. The summed E-state index contributed by atoms with van der Waals surface area (Å²) in [6.07, 6.45) is 0.0813. The number of nitrogens with two attached hydrogens (primary N) is 1. The van der Waals surface area contributed by atoms with Gasteiger partial charge in [-0.15, -0.1) is 16.4 Å². The van der Waals surface area contributed by atoms with E-state index in [1.165, 1.54) is 16.9 Å². The maximum atomic E-state index is 12.5. The van der Waals surface area contributed by atoms with Crippen molar-refractivity contribution in [3.63, 3.8) is 0 Å². The summed E-state index contributed by atoms with van der Waals surface area (Å²) in [5.74, 6) is -0.293. The van der Waals surface area contributed by atoms with Crippen molar-refractivity contribution in [1.82, 2.24) is 35.6 Å². The Labute approximate surface area is 156 Å². The van der Waals surface area contributed by atoms with Crippen molar-refractivity contribution >= 4 is 34.0 Å². The Kier molecular flexibility index (Phi) is 4.19. The minimum absolute atomic E-state index is 0.0675. The zero-order chi connectivity index (χ0) is 19.1. The van der Waals surface area contributed by atoms with Crippen LogP contribution in [0.2, 0.25) is 0 Å². The fraction of sp³-hybridized carbons (Fsp3) is 0.462.